The zero-order chi connectivity index (χ0) is 17.4. The van der Waals surface area contributed by atoms with Crippen molar-refractivity contribution in [3.63, 3.8) is 0 Å². The fourth-order valence-corrected chi connectivity index (χ4v) is 2.60. The van der Waals surface area contributed by atoms with Crippen LogP contribution in [-0.4, -0.2) is 24.7 Å². The first kappa shape index (κ1) is 15.4. The summed E-state index contributed by atoms with van der Waals surface area (Å²) in [6.45, 7) is 0.439. The van der Waals surface area contributed by atoms with E-state index in [2.05, 4.69) is 20.2 Å². The Hall–Kier alpha value is -3.16. The highest BCUT2D eigenvalue weighted by atomic mass is 19.4. The van der Waals surface area contributed by atoms with Crippen LogP contribution in [0.3, 0.4) is 0 Å². The molecule has 0 unspecified atom stereocenters. The number of fused-ring (bicyclic) bond motifs is 1. The minimum atomic E-state index is -4.36. The van der Waals surface area contributed by atoms with Crippen LogP contribution in [0.15, 0.2) is 54.9 Å². The molecule has 0 fully saturated rings. The average Bonchev–Trinajstić information content (AvgIpc) is 3.22. The van der Waals surface area contributed by atoms with Crippen LogP contribution in [-0.2, 0) is 12.7 Å². The summed E-state index contributed by atoms with van der Waals surface area (Å²) in [5, 5.41) is 6.91. The van der Waals surface area contributed by atoms with E-state index in [1.54, 1.807) is 6.33 Å². The van der Waals surface area contributed by atoms with E-state index in [0.717, 1.165) is 23.2 Å². The molecular formula is C17H12F3N5. The Bertz CT molecular complexity index is 1010. The molecule has 0 atom stereocenters. The first-order valence-electron chi connectivity index (χ1n) is 7.49. The number of rotatable bonds is 3. The Balaban J connectivity index is 1.58. The van der Waals surface area contributed by atoms with E-state index in [9.17, 15) is 13.2 Å². The largest absolute Gasteiger partial charge is 0.416 e. The SMILES string of the molecule is FC(F)(F)c1ccc(-c2n[nH]c(Cn3cnc4ccccc43)n2)cc1. The van der Waals surface area contributed by atoms with Gasteiger partial charge in [0.25, 0.3) is 0 Å². The first-order valence-corrected chi connectivity index (χ1v) is 7.49. The Morgan fingerprint density at radius 2 is 1.76 bits per heavy atom. The molecule has 4 rings (SSSR count). The zero-order valence-corrected chi connectivity index (χ0v) is 12.8. The van der Waals surface area contributed by atoms with E-state index in [1.807, 2.05) is 28.8 Å². The lowest BCUT2D eigenvalue weighted by molar-refractivity contribution is -0.137. The third kappa shape index (κ3) is 2.98. The number of nitrogens with zero attached hydrogens (tertiary/aromatic N) is 4. The van der Waals surface area contributed by atoms with Gasteiger partial charge in [0.15, 0.2) is 5.82 Å². The quantitative estimate of drug-likeness (QED) is 0.614. The maximum absolute atomic E-state index is 12.6. The van der Waals surface area contributed by atoms with Crippen LogP contribution < -0.4 is 0 Å². The van der Waals surface area contributed by atoms with Crippen LogP contribution in [0.2, 0.25) is 0 Å². The lowest BCUT2D eigenvalue weighted by atomic mass is 10.1. The van der Waals surface area contributed by atoms with Crippen molar-refractivity contribution in [2.75, 3.05) is 0 Å². The summed E-state index contributed by atoms with van der Waals surface area (Å²) in [4.78, 5) is 8.66. The van der Waals surface area contributed by atoms with Crippen molar-refractivity contribution in [2.45, 2.75) is 12.7 Å². The number of H-pyrrole nitrogens is 1. The molecule has 2 aromatic carbocycles. The molecule has 0 aliphatic rings. The number of imidazole rings is 1. The summed E-state index contributed by atoms with van der Waals surface area (Å²) in [6.07, 6.45) is -2.64. The molecule has 25 heavy (non-hydrogen) atoms. The molecule has 2 aromatic heterocycles. The normalized spacial score (nSPS) is 12.0. The molecule has 1 N–H and O–H groups in total. The van der Waals surface area contributed by atoms with Gasteiger partial charge in [0.2, 0.25) is 0 Å². The second kappa shape index (κ2) is 5.73. The number of nitrogens with one attached hydrogen (secondary N) is 1. The molecule has 4 aromatic rings. The van der Waals surface area contributed by atoms with E-state index < -0.39 is 11.7 Å². The smallest absolute Gasteiger partial charge is 0.323 e. The van der Waals surface area contributed by atoms with Crippen molar-refractivity contribution >= 4 is 11.0 Å². The molecule has 0 radical (unpaired) electrons. The number of benzene rings is 2. The molecule has 8 heteroatoms. The van der Waals surface area contributed by atoms with Crippen molar-refractivity contribution in [2.24, 2.45) is 0 Å². The fourth-order valence-electron chi connectivity index (χ4n) is 2.60. The maximum Gasteiger partial charge on any atom is 0.416 e. The van der Waals surface area contributed by atoms with Crippen molar-refractivity contribution in [1.29, 1.82) is 0 Å². The van der Waals surface area contributed by atoms with Crippen molar-refractivity contribution in [3.05, 3.63) is 66.2 Å². The molecule has 0 aliphatic carbocycles. The van der Waals surface area contributed by atoms with Gasteiger partial charge in [-0.25, -0.2) is 9.97 Å². The first-order chi connectivity index (χ1) is 12.0. The Labute approximate surface area is 140 Å². The highest BCUT2D eigenvalue weighted by molar-refractivity contribution is 5.75. The third-order valence-electron chi connectivity index (χ3n) is 3.85. The molecule has 0 saturated carbocycles. The van der Waals surface area contributed by atoms with Crippen molar-refractivity contribution < 1.29 is 13.2 Å². The number of alkyl halides is 3. The number of halogens is 3. The predicted molar refractivity (Wildman–Crippen MR) is 85.7 cm³/mol. The number of para-hydroxylation sites is 2. The van der Waals surface area contributed by atoms with Gasteiger partial charge in [0.05, 0.1) is 29.5 Å². The highest BCUT2D eigenvalue weighted by Gasteiger charge is 2.30. The summed E-state index contributed by atoms with van der Waals surface area (Å²) < 4.78 is 39.8. The zero-order valence-electron chi connectivity index (χ0n) is 12.8. The third-order valence-corrected chi connectivity index (χ3v) is 3.85. The van der Waals surface area contributed by atoms with Crippen LogP contribution in [0.5, 0.6) is 0 Å². The average molecular weight is 343 g/mol. The van der Waals surface area contributed by atoms with Gasteiger partial charge in [-0.3, -0.25) is 5.10 Å². The Morgan fingerprint density at radius 3 is 2.52 bits per heavy atom. The summed E-state index contributed by atoms with van der Waals surface area (Å²) in [5.74, 6) is 0.950. The highest BCUT2D eigenvalue weighted by Crippen LogP contribution is 2.30. The number of aromatic nitrogens is 5. The van der Waals surface area contributed by atoms with Crippen LogP contribution in [0, 0.1) is 0 Å². The van der Waals surface area contributed by atoms with Gasteiger partial charge >= 0.3 is 6.18 Å². The minimum absolute atomic E-state index is 0.355. The van der Waals surface area contributed by atoms with Gasteiger partial charge in [-0.15, -0.1) is 0 Å². The van der Waals surface area contributed by atoms with Gasteiger partial charge in [-0.1, -0.05) is 24.3 Å². The van der Waals surface area contributed by atoms with Crippen LogP contribution in [0.25, 0.3) is 22.4 Å². The molecule has 2 heterocycles. The van der Waals surface area contributed by atoms with Crippen molar-refractivity contribution in [3.8, 4) is 11.4 Å². The van der Waals surface area contributed by atoms with E-state index in [1.165, 1.54) is 12.1 Å². The molecule has 0 amide bonds. The molecule has 0 aliphatic heterocycles. The number of hydrogen-bond donors (Lipinski definition) is 1. The lowest BCUT2D eigenvalue weighted by Gasteiger charge is -2.06. The predicted octanol–water partition coefficient (Wildman–Crippen LogP) is 3.89. The summed E-state index contributed by atoms with van der Waals surface area (Å²) in [5.41, 5.74) is 1.67. The molecule has 0 spiro atoms. The summed E-state index contributed by atoms with van der Waals surface area (Å²) in [7, 11) is 0. The van der Waals surface area contributed by atoms with Gasteiger partial charge < -0.3 is 4.57 Å². The minimum Gasteiger partial charge on any atom is -0.323 e. The Morgan fingerprint density at radius 1 is 1.00 bits per heavy atom. The molecular weight excluding hydrogens is 331 g/mol. The summed E-state index contributed by atoms with van der Waals surface area (Å²) >= 11 is 0. The van der Waals surface area contributed by atoms with Crippen LogP contribution >= 0.6 is 0 Å². The van der Waals surface area contributed by atoms with Crippen LogP contribution in [0.4, 0.5) is 13.2 Å². The number of aromatic amines is 1. The van der Waals surface area contributed by atoms with Crippen molar-refractivity contribution in [1.82, 2.24) is 24.7 Å². The second-order valence-electron chi connectivity index (χ2n) is 5.54. The fraction of sp³-hybridized carbons (Fsp3) is 0.118. The number of hydrogen-bond acceptors (Lipinski definition) is 3. The standard InChI is InChI=1S/C17H12F3N5/c18-17(19,20)12-7-5-11(6-8-12)16-22-15(23-24-16)9-25-10-21-13-3-1-2-4-14(13)25/h1-8,10H,9H2,(H,22,23,24). The van der Waals surface area contributed by atoms with Gasteiger partial charge in [-0.05, 0) is 24.3 Å². The van der Waals surface area contributed by atoms with Gasteiger partial charge in [-0.2, -0.15) is 18.3 Å². The summed E-state index contributed by atoms with van der Waals surface area (Å²) in [6, 6.07) is 12.5. The van der Waals surface area contributed by atoms with Gasteiger partial charge in [0.1, 0.15) is 5.82 Å². The molecule has 0 bridgehead atoms. The molecule has 126 valence electrons. The second-order valence-corrected chi connectivity index (χ2v) is 5.54. The Kier molecular flexibility index (Phi) is 3.52. The van der Waals surface area contributed by atoms with E-state index in [-0.39, 0.29) is 0 Å². The molecule has 0 saturated heterocycles. The molecule has 5 nitrogen and oxygen atoms in total. The van der Waals surface area contributed by atoms with Crippen LogP contribution in [0.1, 0.15) is 11.4 Å². The van der Waals surface area contributed by atoms with E-state index in [0.29, 0.717) is 23.8 Å². The topological polar surface area (TPSA) is 59.4 Å². The monoisotopic (exact) mass is 343 g/mol. The van der Waals surface area contributed by atoms with Gasteiger partial charge in [0, 0.05) is 5.56 Å². The van der Waals surface area contributed by atoms with E-state index >= 15 is 0 Å². The van der Waals surface area contributed by atoms with E-state index in [4.69, 9.17) is 0 Å². The lowest BCUT2D eigenvalue weighted by Crippen LogP contribution is -2.04. The maximum atomic E-state index is 12.6.